The van der Waals surface area contributed by atoms with E-state index < -0.39 is 10.0 Å². The van der Waals surface area contributed by atoms with Gasteiger partial charge in [-0.2, -0.15) is 4.98 Å². The van der Waals surface area contributed by atoms with E-state index in [0.29, 0.717) is 12.4 Å². The second-order valence-electron chi connectivity index (χ2n) is 4.74. The molecule has 21 heavy (non-hydrogen) atoms. The fourth-order valence-electron chi connectivity index (χ4n) is 1.99. The van der Waals surface area contributed by atoms with Gasteiger partial charge in [0, 0.05) is 6.54 Å². The molecule has 0 aliphatic carbocycles. The Morgan fingerprint density at radius 3 is 2.62 bits per heavy atom. The maximum absolute atomic E-state index is 12.4. The molecule has 0 saturated heterocycles. The van der Waals surface area contributed by atoms with Crippen LogP contribution in [0.1, 0.15) is 22.5 Å². The molecule has 1 aromatic heterocycles. The summed E-state index contributed by atoms with van der Waals surface area (Å²) in [5.74, 6) is 0.291. The quantitative estimate of drug-likeness (QED) is 0.822. The van der Waals surface area contributed by atoms with Gasteiger partial charge in [-0.15, -0.1) is 0 Å². The van der Waals surface area contributed by atoms with E-state index in [0.717, 1.165) is 23.1 Å². The summed E-state index contributed by atoms with van der Waals surface area (Å²) in [5.41, 5.74) is 2.58. The third kappa shape index (κ3) is 3.66. The highest BCUT2D eigenvalue weighted by atomic mass is 32.2. The Morgan fingerprint density at radius 2 is 2.00 bits per heavy atom. The summed E-state index contributed by atoms with van der Waals surface area (Å²) in [5, 5.41) is 6.59. The molecule has 1 heterocycles. The molecule has 0 atom stereocenters. The van der Waals surface area contributed by atoms with Gasteiger partial charge in [0.1, 0.15) is 0 Å². The summed E-state index contributed by atoms with van der Waals surface area (Å²) in [7, 11) is -1.81. The standard InChI is InChI=1S/C13H18N4O3S/c1-9-4-11(6-14-3)5-12(10(9)2)21(18,19)16-7-13-15-8-20-17-13/h4-5,8,14,16H,6-7H2,1-3H3. The lowest BCUT2D eigenvalue weighted by molar-refractivity contribution is 0.409. The minimum Gasteiger partial charge on any atom is -0.343 e. The first-order valence-electron chi connectivity index (χ1n) is 6.43. The summed E-state index contributed by atoms with van der Waals surface area (Å²) in [6.07, 6.45) is 1.16. The molecule has 8 heteroatoms. The van der Waals surface area contributed by atoms with Crippen molar-refractivity contribution in [1.82, 2.24) is 20.2 Å². The van der Waals surface area contributed by atoms with E-state index in [4.69, 9.17) is 0 Å². The van der Waals surface area contributed by atoms with E-state index in [9.17, 15) is 8.42 Å². The first kappa shape index (κ1) is 15.6. The number of rotatable bonds is 6. The van der Waals surface area contributed by atoms with Crippen molar-refractivity contribution in [2.45, 2.75) is 31.8 Å². The summed E-state index contributed by atoms with van der Waals surface area (Å²) in [4.78, 5) is 4.06. The Hall–Kier alpha value is -1.77. The number of nitrogens with one attached hydrogen (secondary N) is 2. The minimum atomic E-state index is -3.63. The number of aryl methyl sites for hydroxylation is 1. The fraction of sp³-hybridized carbons (Fsp3) is 0.385. The molecule has 0 fully saturated rings. The summed E-state index contributed by atoms with van der Waals surface area (Å²) in [6, 6.07) is 3.65. The van der Waals surface area contributed by atoms with Crippen molar-refractivity contribution in [3.63, 3.8) is 0 Å². The topological polar surface area (TPSA) is 97.1 Å². The van der Waals surface area contributed by atoms with Crippen LogP contribution in [-0.2, 0) is 23.1 Å². The molecule has 0 amide bonds. The number of sulfonamides is 1. The van der Waals surface area contributed by atoms with E-state index in [2.05, 4.69) is 24.7 Å². The smallest absolute Gasteiger partial charge is 0.241 e. The molecule has 2 N–H and O–H groups in total. The Labute approximate surface area is 123 Å². The van der Waals surface area contributed by atoms with Gasteiger partial charge in [-0.3, -0.25) is 0 Å². The van der Waals surface area contributed by atoms with Crippen molar-refractivity contribution >= 4 is 10.0 Å². The summed E-state index contributed by atoms with van der Waals surface area (Å²) in [6.45, 7) is 4.29. The SMILES string of the molecule is CNCc1cc(C)c(C)c(S(=O)(=O)NCc2ncon2)c1. The molecule has 0 bridgehead atoms. The van der Waals surface area contributed by atoms with Crippen LogP contribution < -0.4 is 10.0 Å². The third-order valence-electron chi connectivity index (χ3n) is 3.18. The van der Waals surface area contributed by atoms with Gasteiger partial charge in [-0.25, -0.2) is 13.1 Å². The Kier molecular flexibility index (Phi) is 4.71. The van der Waals surface area contributed by atoms with Gasteiger partial charge in [-0.05, 0) is 43.7 Å². The fourth-order valence-corrected chi connectivity index (χ4v) is 3.34. The molecule has 2 aromatic rings. The summed E-state index contributed by atoms with van der Waals surface area (Å²) >= 11 is 0. The summed E-state index contributed by atoms with van der Waals surface area (Å²) < 4.78 is 31.9. The van der Waals surface area contributed by atoms with Gasteiger partial charge in [0.2, 0.25) is 16.4 Å². The minimum absolute atomic E-state index is 0.00637. The van der Waals surface area contributed by atoms with Crippen LogP contribution in [0.4, 0.5) is 0 Å². The average Bonchev–Trinajstić information content (AvgIpc) is 2.94. The number of nitrogens with zero attached hydrogens (tertiary/aromatic N) is 2. The molecule has 0 saturated carbocycles. The van der Waals surface area contributed by atoms with Gasteiger partial charge >= 0.3 is 0 Å². The molecule has 0 unspecified atom stereocenters. The Bertz CT molecular complexity index is 711. The van der Waals surface area contributed by atoms with Gasteiger partial charge in [0.25, 0.3) is 0 Å². The van der Waals surface area contributed by atoms with Crippen LogP contribution in [-0.4, -0.2) is 25.6 Å². The van der Waals surface area contributed by atoms with Crippen LogP contribution in [0.15, 0.2) is 27.9 Å². The van der Waals surface area contributed by atoms with Crippen LogP contribution in [0.2, 0.25) is 0 Å². The third-order valence-corrected chi connectivity index (χ3v) is 4.70. The zero-order chi connectivity index (χ0) is 15.5. The highest BCUT2D eigenvalue weighted by Gasteiger charge is 2.19. The lowest BCUT2D eigenvalue weighted by Crippen LogP contribution is -2.25. The van der Waals surface area contributed by atoms with Gasteiger partial charge in [0.15, 0.2) is 5.82 Å². The number of benzene rings is 1. The monoisotopic (exact) mass is 310 g/mol. The van der Waals surface area contributed by atoms with Crippen LogP contribution in [0.5, 0.6) is 0 Å². The van der Waals surface area contributed by atoms with E-state index in [1.807, 2.05) is 20.0 Å². The maximum atomic E-state index is 12.4. The largest absolute Gasteiger partial charge is 0.343 e. The maximum Gasteiger partial charge on any atom is 0.241 e. The van der Waals surface area contributed by atoms with E-state index in [-0.39, 0.29) is 11.4 Å². The van der Waals surface area contributed by atoms with Crippen molar-refractivity contribution in [2.75, 3.05) is 7.05 Å². The van der Waals surface area contributed by atoms with E-state index >= 15 is 0 Å². The molecular weight excluding hydrogens is 292 g/mol. The normalized spacial score (nSPS) is 11.8. The molecule has 0 radical (unpaired) electrons. The molecule has 7 nitrogen and oxygen atoms in total. The van der Waals surface area contributed by atoms with E-state index in [1.54, 1.807) is 13.0 Å². The van der Waals surface area contributed by atoms with E-state index in [1.165, 1.54) is 0 Å². The molecule has 0 aliphatic rings. The van der Waals surface area contributed by atoms with Gasteiger partial charge in [-0.1, -0.05) is 11.2 Å². The van der Waals surface area contributed by atoms with Crippen molar-refractivity contribution in [3.8, 4) is 0 Å². The second kappa shape index (κ2) is 6.33. The molecule has 114 valence electrons. The highest BCUT2D eigenvalue weighted by molar-refractivity contribution is 7.89. The number of hydrogen-bond donors (Lipinski definition) is 2. The lowest BCUT2D eigenvalue weighted by atomic mass is 10.1. The van der Waals surface area contributed by atoms with Crippen LogP contribution in [0, 0.1) is 13.8 Å². The van der Waals surface area contributed by atoms with Gasteiger partial charge < -0.3 is 9.84 Å². The number of aromatic nitrogens is 2. The van der Waals surface area contributed by atoms with Crippen molar-refractivity contribution in [3.05, 3.63) is 41.0 Å². The lowest BCUT2D eigenvalue weighted by Gasteiger charge is -2.13. The Morgan fingerprint density at radius 1 is 1.24 bits per heavy atom. The highest BCUT2D eigenvalue weighted by Crippen LogP contribution is 2.21. The van der Waals surface area contributed by atoms with Crippen LogP contribution in [0.25, 0.3) is 0 Å². The first-order valence-corrected chi connectivity index (χ1v) is 7.92. The predicted molar refractivity (Wildman–Crippen MR) is 77.0 cm³/mol. The first-order chi connectivity index (χ1) is 9.94. The van der Waals surface area contributed by atoms with Gasteiger partial charge in [0.05, 0.1) is 11.4 Å². The van der Waals surface area contributed by atoms with Crippen LogP contribution in [0.3, 0.4) is 0 Å². The molecule has 1 aromatic carbocycles. The predicted octanol–water partition coefficient (Wildman–Crippen LogP) is 0.884. The Balaban J connectivity index is 2.30. The van der Waals surface area contributed by atoms with Crippen molar-refractivity contribution in [1.29, 1.82) is 0 Å². The van der Waals surface area contributed by atoms with Crippen molar-refractivity contribution < 1.29 is 12.9 Å². The zero-order valence-electron chi connectivity index (χ0n) is 12.2. The van der Waals surface area contributed by atoms with Crippen LogP contribution >= 0.6 is 0 Å². The second-order valence-corrected chi connectivity index (χ2v) is 6.47. The number of hydrogen-bond acceptors (Lipinski definition) is 6. The molecule has 2 rings (SSSR count). The molecular formula is C13H18N4O3S. The van der Waals surface area contributed by atoms with Crippen molar-refractivity contribution in [2.24, 2.45) is 0 Å². The molecule has 0 spiro atoms. The zero-order valence-corrected chi connectivity index (χ0v) is 13.0. The molecule has 0 aliphatic heterocycles. The average molecular weight is 310 g/mol.